The van der Waals surface area contributed by atoms with Crippen LogP contribution < -0.4 is 4.90 Å². The fourth-order valence-electron chi connectivity index (χ4n) is 2.82. The van der Waals surface area contributed by atoms with Crippen LogP contribution in [0.4, 0.5) is 19.8 Å². The number of carbonyl (C=O) groups is 3. The molecule has 0 aliphatic carbocycles. The van der Waals surface area contributed by atoms with Crippen molar-refractivity contribution >= 4 is 34.7 Å². The average Bonchev–Trinajstić information content (AvgIpc) is 2.64. The summed E-state index contributed by atoms with van der Waals surface area (Å²) in [5.74, 6) is -2.16. The highest BCUT2D eigenvalue weighted by Gasteiger charge is 2.34. The Bertz CT molecular complexity index is 1030. The number of benzene rings is 1. The van der Waals surface area contributed by atoms with E-state index in [1.165, 1.54) is 18.3 Å². The number of nitrogens with zero attached hydrogens (tertiary/aromatic N) is 2. The number of halogens is 1. The molecule has 1 heterocycles. The van der Waals surface area contributed by atoms with Gasteiger partial charge in [0.25, 0.3) is 0 Å². The van der Waals surface area contributed by atoms with Gasteiger partial charge >= 0.3 is 18.2 Å². The van der Waals surface area contributed by atoms with Gasteiger partial charge in [0.15, 0.2) is 6.10 Å². The van der Waals surface area contributed by atoms with Crippen molar-refractivity contribution in [3.8, 4) is 0 Å². The maximum atomic E-state index is 14.7. The molecule has 1 N–H and O–H groups in total. The maximum Gasteiger partial charge on any atom is 0.425 e. The molecule has 0 saturated carbocycles. The quantitative estimate of drug-likeness (QED) is 0.514. The van der Waals surface area contributed by atoms with Gasteiger partial charge in [0.2, 0.25) is 0 Å². The van der Waals surface area contributed by atoms with Crippen LogP contribution >= 0.6 is 0 Å². The first-order valence-electron chi connectivity index (χ1n) is 10.3. The first-order valence-corrected chi connectivity index (χ1v) is 10.3. The largest absolute Gasteiger partial charge is 0.464 e. The Balaban J connectivity index is 2.67. The number of aliphatic hydroxyl groups excluding tert-OH is 1. The van der Waals surface area contributed by atoms with Crippen LogP contribution in [0.2, 0.25) is 0 Å². The van der Waals surface area contributed by atoms with Crippen molar-refractivity contribution < 1.29 is 38.1 Å². The van der Waals surface area contributed by atoms with Gasteiger partial charge in [-0.1, -0.05) is 0 Å². The summed E-state index contributed by atoms with van der Waals surface area (Å²) in [6, 6.07) is 3.65. The van der Waals surface area contributed by atoms with E-state index in [9.17, 15) is 23.9 Å². The Morgan fingerprint density at radius 2 is 1.61 bits per heavy atom. The van der Waals surface area contributed by atoms with Crippen LogP contribution in [0.5, 0.6) is 0 Å². The van der Waals surface area contributed by atoms with Crippen LogP contribution in [0, 0.1) is 5.82 Å². The second-order valence-electron chi connectivity index (χ2n) is 9.18. The summed E-state index contributed by atoms with van der Waals surface area (Å²) < 4.78 is 30.1. The van der Waals surface area contributed by atoms with E-state index in [1.54, 1.807) is 48.5 Å². The average molecular weight is 464 g/mol. The first kappa shape index (κ1) is 26.0. The Morgan fingerprint density at radius 1 is 1.06 bits per heavy atom. The van der Waals surface area contributed by atoms with Crippen molar-refractivity contribution in [1.82, 2.24) is 4.98 Å². The molecule has 2 amide bonds. The van der Waals surface area contributed by atoms with Crippen LogP contribution in [0.1, 0.15) is 60.1 Å². The number of rotatable bonds is 4. The second kappa shape index (κ2) is 9.70. The molecule has 9 nitrogen and oxygen atoms in total. The Hall–Kier alpha value is -3.27. The summed E-state index contributed by atoms with van der Waals surface area (Å²) in [5, 5.41) is 10.8. The third-order valence-corrected chi connectivity index (χ3v) is 4.04. The Morgan fingerprint density at radius 3 is 2.09 bits per heavy atom. The van der Waals surface area contributed by atoms with Gasteiger partial charge in [-0.05, 0) is 72.1 Å². The molecule has 0 radical (unpaired) electrons. The van der Waals surface area contributed by atoms with Gasteiger partial charge in [-0.25, -0.2) is 23.8 Å². The predicted molar refractivity (Wildman–Crippen MR) is 118 cm³/mol. The third-order valence-electron chi connectivity index (χ3n) is 4.04. The zero-order valence-electron chi connectivity index (χ0n) is 19.8. The number of imide groups is 1. The number of amides is 2. The molecule has 1 aromatic carbocycles. The minimum absolute atomic E-state index is 0.0137. The monoisotopic (exact) mass is 464 g/mol. The number of fused-ring (bicyclic) bond motifs is 1. The van der Waals surface area contributed by atoms with Crippen LogP contribution in [0.15, 0.2) is 24.4 Å². The van der Waals surface area contributed by atoms with E-state index in [0.717, 1.165) is 6.07 Å². The van der Waals surface area contributed by atoms with Gasteiger partial charge in [-0.3, -0.25) is 0 Å². The van der Waals surface area contributed by atoms with Gasteiger partial charge in [0.05, 0.1) is 6.61 Å². The molecule has 0 spiro atoms. The topological polar surface area (TPSA) is 115 Å². The molecule has 1 aromatic heterocycles. The number of ether oxygens (including phenoxy) is 3. The van der Waals surface area contributed by atoms with Crippen molar-refractivity contribution in [3.05, 3.63) is 35.8 Å². The van der Waals surface area contributed by atoms with E-state index in [-0.39, 0.29) is 23.4 Å². The lowest BCUT2D eigenvalue weighted by molar-refractivity contribution is -0.153. The lowest BCUT2D eigenvalue weighted by Gasteiger charge is -2.28. The minimum atomic E-state index is -1.93. The standard InChI is InChI=1S/C23H29FN2O7/c1-8-31-19(28)18(27)17-14-11-16(25-12-13(14)9-10-15(17)24)26(20(29)32-22(2,3)4)21(30)33-23(5,6)7/h9-12,18,27H,8H2,1-7H3. The molecule has 0 saturated heterocycles. The third kappa shape index (κ3) is 6.61. The molecule has 2 rings (SSSR count). The van der Waals surface area contributed by atoms with Crippen LogP contribution in [0.3, 0.4) is 0 Å². The van der Waals surface area contributed by atoms with E-state index in [4.69, 9.17) is 14.2 Å². The van der Waals surface area contributed by atoms with Gasteiger partial charge in [0, 0.05) is 17.1 Å². The van der Waals surface area contributed by atoms with Gasteiger partial charge in [0.1, 0.15) is 22.8 Å². The molecule has 2 aromatic rings. The van der Waals surface area contributed by atoms with Gasteiger partial charge in [-0.2, -0.15) is 4.90 Å². The van der Waals surface area contributed by atoms with Gasteiger partial charge in [-0.15, -0.1) is 0 Å². The zero-order valence-corrected chi connectivity index (χ0v) is 19.8. The summed E-state index contributed by atoms with van der Waals surface area (Å²) in [6.07, 6.45) is -2.78. The van der Waals surface area contributed by atoms with E-state index in [2.05, 4.69) is 4.98 Å². The molecular weight excluding hydrogens is 435 g/mol. The molecule has 10 heteroatoms. The molecule has 0 aliphatic heterocycles. The van der Waals surface area contributed by atoms with E-state index < -0.39 is 41.3 Å². The van der Waals surface area contributed by atoms with E-state index in [0.29, 0.717) is 10.3 Å². The van der Waals surface area contributed by atoms with Crippen molar-refractivity contribution in [2.75, 3.05) is 11.5 Å². The molecule has 0 fully saturated rings. The maximum absolute atomic E-state index is 14.7. The van der Waals surface area contributed by atoms with Crippen molar-refractivity contribution in [3.63, 3.8) is 0 Å². The lowest BCUT2D eigenvalue weighted by Crippen LogP contribution is -2.44. The highest BCUT2D eigenvalue weighted by Crippen LogP contribution is 2.31. The molecule has 0 bridgehead atoms. The van der Waals surface area contributed by atoms with Crippen molar-refractivity contribution in [2.45, 2.75) is 65.8 Å². The summed E-state index contributed by atoms with van der Waals surface area (Å²) in [5.41, 5.74) is -2.25. The molecule has 1 unspecified atom stereocenters. The lowest BCUT2D eigenvalue weighted by atomic mass is 10.0. The minimum Gasteiger partial charge on any atom is -0.464 e. The normalized spacial score (nSPS) is 12.8. The number of aromatic nitrogens is 1. The molecule has 180 valence electrons. The number of anilines is 1. The van der Waals surface area contributed by atoms with Crippen LogP contribution in [-0.4, -0.2) is 46.1 Å². The Labute approximate surface area is 191 Å². The molecule has 0 aliphatic rings. The number of aliphatic hydroxyl groups is 1. The molecule has 1 atom stereocenters. The van der Waals surface area contributed by atoms with Crippen molar-refractivity contribution in [1.29, 1.82) is 0 Å². The van der Waals surface area contributed by atoms with Gasteiger partial charge < -0.3 is 19.3 Å². The fourth-order valence-corrected chi connectivity index (χ4v) is 2.82. The number of carbonyl (C=O) groups excluding carboxylic acids is 3. The zero-order chi connectivity index (χ0) is 25.1. The highest BCUT2D eigenvalue weighted by atomic mass is 19.1. The summed E-state index contributed by atoms with van der Waals surface area (Å²) >= 11 is 0. The van der Waals surface area contributed by atoms with E-state index in [1.807, 2.05) is 0 Å². The molecular formula is C23H29FN2O7. The molecule has 33 heavy (non-hydrogen) atoms. The van der Waals surface area contributed by atoms with Crippen LogP contribution in [0.25, 0.3) is 10.8 Å². The first-order chi connectivity index (χ1) is 15.1. The van der Waals surface area contributed by atoms with Crippen molar-refractivity contribution in [2.24, 2.45) is 0 Å². The van der Waals surface area contributed by atoms with Crippen LogP contribution in [-0.2, 0) is 19.0 Å². The second-order valence-corrected chi connectivity index (χ2v) is 9.18. The smallest absolute Gasteiger partial charge is 0.425 e. The number of pyridine rings is 1. The number of esters is 1. The summed E-state index contributed by atoms with van der Waals surface area (Å²) in [4.78, 5) is 42.5. The SMILES string of the molecule is CCOC(=O)C(O)c1c(F)ccc2cnc(N(C(=O)OC(C)(C)C)C(=O)OC(C)(C)C)cc12. The summed E-state index contributed by atoms with van der Waals surface area (Å²) in [7, 11) is 0. The predicted octanol–water partition coefficient (Wildman–Crippen LogP) is 4.65. The number of hydrogen-bond acceptors (Lipinski definition) is 8. The number of hydrogen-bond donors (Lipinski definition) is 1. The van der Waals surface area contributed by atoms with E-state index >= 15 is 0 Å². The fraction of sp³-hybridized carbons (Fsp3) is 0.478. The Kier molecular flexibility index (Phi) is 7.64. The summed E-state index contributed by atoms with van der Waals surface area (Å²) in [6.45, 7) is 11.3. The highest BCUT2D eigenvalue weighted by molar-refractivity contribution is 6.09.